The van der Waals surface area contributed by atoms with Gasteiger partial charge < -0.3 is 18.9 Å². The van der Waals surface area contributed by atoms with Crippen molar-refractivity contribution in [3.63, 3.8) is 0 Å². The van der Waals surface area contributed by atoms with Crippen molar-refractivity contribution in [2.45, 2.75) is 121 Å². The topological polar surface area (TPSA) is 36.9 Å². The molecule has 0 bridgehead atoms. The Hall–Kier alpha value is -2.88. The number of aryl methyl sites for hydroxylation is 1. The summed E-state index contributed by atoms with van der Waals surface area (Å²) in [5.74, 6) is -10.9. The van der Waals surface area contributed by atoms with Crippen molar-refractivity contribution in [3.8, 4) is 11.5 Å². The number of halogens is 12. The standard InChI is InChI=1S/C33H36F12O4/c1-2-3-4-5-19-6-15-25(26(34)16-19)32(41,42)47-23-13-9-20(10-14-23)30(37,38)46-22-11-7-21(8-12-22)31(39,40)48-24-17-27(35)29(28(36)18-24)49-33(43,44)45/h6,15-18,20-23H,2-5,7-14H2,1H3. The lowest BCUT2D eigenvalue weighted by Crippen LogP contribution is -2.43. The number of rotatable bonds is 14. The summed E-state index contributed by atoms with van der Waals surface area (Å²) >= 11 is 0. The van der Waals surface area contributed by atoms with E-state index in [9.17, 15) is 43.9 Å². The first-order chi connectivity index (χ1) is 22.8. The molecule has 0 saturated heterocycles. The van der Waals surface area contributed by atoms with Crippen LogP contribution in [0.25, 0.3) is 0 Å². The van der Waals surface area contributed by atoms with Crippen LogP contribution in [0.2, 0.25) is 0 Å². The van der Waals surface area contributed by atoms with E-state index < -0.39 is 96.1 Å². The molecule has 0 atom stereocenters. The van der Waals surface area contributed by atoms with Gasteiger partial charge in [0, 0.05) is 12.1 Å². The van der Waals surface area contributed by atoms with E-state index in [1.165, 1.54) is 6.07 Å². The highest BCUT2D eigenvalue weighted by molar-refractivity contribution is 5.35. The predicted molar refractivity (Wildman–Crippen MR) is 151 cm³/mol. The van der Waals surface area contributed by atoms with Crippen LogP contribution in [0, 0.1) is 29.3 Å². The molecule has 49 heavy (non-hydrogen) atoms. The van der Waals surface area contributed by atoms with E-state index in [0.29, 0.717) is 12.0 Å². The number of hydrogen-bond donors (Lipinski definition) is 0. The van der Waals surface area contributed by atoms with E-state index in [0.717, 1.165) is 31.4 Å². The summed E-state index contributed by atoms with van der Waals surface area (Å²) in [6.07, 6.45) is -18.6. The summed E-state index contributed by atoms with van der Waals surface area (Å²) in [5, 5.41) is 0. The molecule has 16 heteroatoms. The third-order valence-corrected chi connectivity index (χ3v) is 8.80. The Morgan fingerprint density at radius 1 is 0.612 bits per heavy atom. The first-order valence-corrected chi connectivity index (χ1v) is 16.0. The average molecular weight is 725 g/mol. The highest BCUT2D eigenvalue weighted by atomic mass is 19.4. The Bertz CT molecular complexity index is 1360. The van der Waals surface area contributed by atoms with Crippen LogP contribution in [-0.2, 0) is 22.0 Å². The fourth-order valence-corrected chi connectivity index (χ4v) is 6.20. The van der Waals surface area contributed by atoms with Gasteiger partial charge in [0.25, 0.3) is 0 Å². The van der Waals surface area contributed by atoms with Gasteiger partial charge in [0.05, 0.1) is 29.6 Å². The third kappa shape index (κ3) is 10.6. The minimum absolute atomic E-state index is 0.0963. The van der Waals surface area contributed by atoms with Gasteiger partial charge in [0.15, 0.2) is 11.6 Å². The fraction of sp³-hybridized carbons (Fsp3) is 0.636. The molecule has 0 N–H and O–H groups in total. The molecule has 0 aromatic heterocycles. The Balaban J connectivity index is 1.25. The first kappa shape index (κ1) is 38.9. The van der Waals surface area contributed by atoms with E-state index in [-0.39, 0.29) is 50.7 Å². The maximum absolute atomic E-state index is 15.1. The zero-order valence-electron chi connectivity index (χ0n) is 26.4. The Kier molecular flexibility index (Phi) is 12.4. The summed E-state index contributed by atoms with van der Waals surface area (Å²) in [6.45, 7) is 2.00. The van der Waals surface area contributed by atoms with Crippen LogP contribution >= 0.6 is 0 Å². The van der Waals surface area contributed by atoms with E-state index >= 15 is 8.78 Å². The van der Waals surface area contributed by atoms with Crippen LogP contribution in [0.3, 0.4) is 0 Å². The number of benzene rings is 2. The molecular formula is C33H36F12O4. The molecule has 2 saturated carbocycles. The second-order valence-electron chi connectivity index (χ2n) is 12.5. The molecule has 2 aliphatic carbocycles. The minimum Gasteiger partial charge on any atom is -0.432 e. The van der Waals surface area contributed by atoms with E-state index in [1.807, 2.05) is 6.92 Å². The molecule has 2 aliphatic rings. The SMILES string of the molecule is CCCCCc1ccc(C(F)(F)OC2CCC(C(F)(F)OC3CCC(C(F)(F)Oc4cc(F)c(OC(F)(F)F)c(F)c4)CC3)CC2)c(F)c1. The summed E-state index contributed by atoms with van der Waals surface area (Å²) in [7, 11) is 0. The lowest BCUT2D eigenvalue weighted by Gasteiger charge is -2.38. The molecule has 0 spiro atoms. The average Bonchev–Trinajstić information content (AvgIpc) is 2.98. The van der Waals surface area contributed by atoms with Gasteiger partial charge in [0.2, 0.25) is 5.75 Å². The van der Waals surface area contributed by atoms with E-state index in [2.05, 4.69) is 9.47 Å². The monoisotopic (exact) mass is 724 g/mol. The smallest absolute Gasteiger partial charge is 0.432 e. The molecule has 2 aromatic rings. The van der Waals surface area contributed by atoms with E-state index in [4.69, 9.17) is 9.47 Å². The maximum atomic E-state index is 15.1. The molecule has 0 aliphatic heterocycles. The van der Waals surface area contributed by atoms with Crippen LogP contribution < -0.4 is 9.47 Å². The quantitative estimate of drug-likeness (QED) is 0.144. The van der Waals surface area contributed by atoms with Crippen molar-refractivity contribution in [1.29, 1.82) is 0 Å². The second-order valence-corrected chi connectivity index (χ2v) is 12.5. The van der Waals surface area contributed by atoms with Crippen molar-refractivity contribution in [3.05, 3.63) is 58.9 Å². The van der Waals surface area contributed by atoms with Gasteiger partial charge in [-0.25, -0.2) is 13.2 Å². The number of ether oxygens (including phenoxy) is 4. The van der Waals surface area contributed by atoms with Gasteiger partial charge in [-0.3, -0.25) is 0 Å². The van der Waals surface area contributed by atoms with Gasteiger partial charge in [-0.2, -0.15) is 26.3 Å². The third-order valence-electron chi connectivity index (χ3n) is 8.80. The first-order valence-electron chi connectivity index (χ1n) is 16.0. The molecule has 0 radical (unpaired) electrons. The minimum atomic E-state index is -5.44. The Labute approximate surface area is 275 Å². The largest absolute Gasteiger partial charge is 0.573 e. The van der Waals surface area contributed by atoms with Crippen LogP contribution in [0.4, 0.5) is 52.7 Å². The van der Waals surface area contributed by atoms with Gasteiger partial charge in [-0.15, -0.1) is 13.2 Å². The van der Waals surface area contributed by atoms with Gasteiger partial charge in [-0.1, -0.05) is 25.8 Å². The highest BCUT2D eigenvalue weighted by Gasteiger charge is 2.49. The molecule has 4 rings (SSSR count). The number of alkyl halides is 9. The molecule has 0 amide bonds. The highest BCUT2D eigenvalue weighted by Crippen LogP contribution is 2.45. The second kappa shape index (κ2) is 15.6. The molecule has 276 valence electrons. The van der Waals surface area contributed by atoms with Crippen molar-refractivity contribution in [1.82, 2.24) is 0 Å². The van der Waals surface area contributed by atoms with Crippen molar-refractivity contribution in [2.24, 2.45) is 11.8 Å². The summed E-state index contributed by atoms with van der Waals surface area (Å²) in [5.41, 5.74) is -0.369. The lowest BCUT2D eigenvalue weighted by molar-refractivity contribution is -0.314. The predicted octanol–water partition coefficient (Wildman–Crippen LogP) is 11.2. The Morgan fingerprint density at radius 2 is 1.14 bits per heavy atom. The molecule has 4 nitrogen and oxygen atoms in total. The van der Waals surface area contributed by atoms with Gasteiger partial charge >= 0.3 is 24.7 Å². The molecular weight excluding hydrogens is 688 g/mol. The van der Waals surface area contributed by atoms with Crippen molar-refractivity contribution < 1.29 is 71.6 Å². The van der Waals surface area contributed by atoms with Crippen LogP contribution in [0.5, 0.6) is 11.5 Å². The fourth-order valence-electron chi connectivity index (χ4n) is 6.20. The zero-order chi connectivity index (χ0) is 36.2. The Morgan fingerprint density at radius 3 is 1.65 bits per heavy atom. The van der Waals surface area contributed by atoms with Gasteiger partial charge in [-0.05, 0) is 81.9 Å². The maximum Gasteiger partial charge on any atom is 0.573 e. The molecule has 2 fully saturated rings. The normalized spacial score (nSPS) is 22.6. The summed E-state index contributed by atoms with van der Waals surface area (Å²) < 4.78 is 186. The number of hydrogen-bond acceptors (Lipinski definition) is 4. The lowest BCUT2D eigenvalue weighted by atomic mass is 9.85. The van der Waals surface area contributed by atoms with Crippen molar-refractivity contribution >= 4 is 0 Å². The molecule has 0 heterocycles. The molecule has 2 aromatic carbocycles. The summed E-state index contributed by atoms with van der Waals surface area (Å²) in [6, 6.07) is 3.61. The van der Waals surface area contributed by atoms with E-state index in [1.54, 1.807) is 0 Å². The van der Waals surface area contributed by atoms with Crippen LogP contribution in [0.15, 0.2) is 30.3 Å². The summed E-state index contributed by atoms with van der Waals surface area (Å²) in [4.78, 5) is 0. The number of unbranched alkanes of at least 4 members (excludes halogenated alkanes) is 2. The van der Waals surface area contributed by atoms with Crippen LogP contribution in [-0.4, -0.2) is 30.8 Å². The van der Waals surface area contributed by atoms with Crippen LogP contribution in [0.1, 0.15) is 88.7 Å². The molecule has 0 unspecified atom stereocenters. The zero-order valence-corrected chi connectivity index (χ0v) is 26.4. The van der Waals surface area contributed by atoms with Crippen molar-refractivity contribution in [2.75, 3.05) is 0 Å². The van der Waals surface area contributed by atoms with Gasteiger partial charge in [0.1, 0.15) is 11.6 Å².